The second-order valence-corrected chi connectivity index (χ2v) is 6.28. The van der Waals surface area contributed by atoms with Crippen LogP contribution in [0.5, 0.6) is 5.75 Å². The van der Waals surface area contributed by atoms with Gasteiger partial charge in [0.1, 0.15) is 11.4 Å². The molecule has 0 bridgehead atoms. The van der Waals surface area contributed by atoms with Gasteiger partial charge in [-0.05, 0) is 43.8 Å². The van der Waals surface area contributed by atoms with Crippen LogP contribution < -0.4 is 15.4 Å². The first kappa shape index (κ1) is 21.8. The van der Waals surface area contributed by atoms with E-state index in [2.05, 4.69) is 10.6 Å². The van der Waals surface area contributed by atoms with Crippen molar-refractivity contribution in [2.45, 2.75) is 19.9 Å². The number of carbonyl (C=O) groups excluding carboxylic acids is 2. The zero-order chi connectivity index (χ0) is 21.4. The van der Waals surface area contributed by atoms with Gasteiger partial charge in [0, 0.05) is 11.8 Å². The summed E-state index contributed by atoms with van der Waals surface area (Å²) >= 11 is 0. The Hall–Kier alpha value is -3.46. The van der Waals surface area contributed by atoms with Gasteiger partial charge in [0.15, 0.2) is 0 Å². The third kappa shape index (κ3) is 6.01. The first-order valence-corrected chi connectivity index (χ1v) is 9.08. The van der Waals surface area contributed by atoms with E-state index in [1.54, 1.807) is 49.3 Å². The van der Waals surface area contributed by atoms with Crippen LogP contribution in [-0.4, -0.2) is 47.9 Å². The van der Waals surface area contributed by atoms with Gasteiger partial charge in [-0.3, -0.25) is 24.6 Å². The van der Waals surface area contributed by atoms with Crippen molar-refractivity contribution < 1.29 is 19.2 Å². The van der Waals surface area contributed by atoms with Crippen LogP contribution in [-0.2, 0) is 9.59 Å². The molecule has 2 amide bonds. The summed E-state index contributed by atoms with van der Waals surface area (Å²) < 4.78 is 5.08. The van der Waals surface area contributed by atoms with Crippen molar-refractivity contribution in [3.8, 4) is 5.75 Å². The maximum Gasteiger partial charge on any atom is 0.292 e. The fourth-order valence-electron chi connectivity index (χ4n) is 2.72. The number of para-hydroxylation sites is 2. The van der Waals surface area contributed by atoms with E-state index in [9.17, 15) is 19.7 Å². The zero-order valence-electron chi connectivity index (χ0n) is 16.5. The highest BCUT2D eigenvalue weighted by atomic mass is 16.6. The van der Waals surface area contributed by atoms with Crippen LogP contribution in [0.25, 0.3) is 0 Å². The van der Waals surface area contributed by atoms with E-state index in [1.165, 1.54) is 18.2 Å². The number of rotatable bonds is 9. The van der Waals surface area contributed by atoms with Crippen molar-refractivity contribution in [2.24, 2.45) is 0 Å². The normalized spacial score (nSPS) is 11.6. The molecule has 0 fully saturated rings. The number of amides is 2. The maximum atomic E-state index is 12.6. The molecule has 0 saturated heterocycles. The Morgan fingerprint density at radius 1 is 1.14 bits per heavy atom. The number of methoxy groups -OCH3 is 1. The molecule has 0 aliphatic rings. The number of hydrogen-bond acceptors (Lipinski definition) is 6. The number of anilines is 2. The Balaban J connectivity index is 1.99. The van der Waals surface area contributed by atoms with Gasteiger partial charge in [-0.1, -0.05) is 19.1 Å². The Morgan fingerprint density at radius 2 is 1.79 bits per heavy atom. The van der Waals surface area contributed by atoms with Crippen LogP contribution in [0.3, 0.4) is 0 Å². The molecule has 0 aromatic heterocycles. The van der Waals surface area contributed by atoms with Gasteiger partial charge < -0.3 is 15.4 Å². The van der Waals surface area contributed by atoms with Crippen LogP contribution >= 0.6 is 0 Å². The summed E-state index contributed by atoms with van der Waals surface area (Å²) in [6, 6.07) is 12.2. The van der Waals surface area contributed by atoms with Gasteiger partial charge >= 0.3 is 0 Å². The van der Waals surface area contributed by atoms with E-state index >= 15 is 0 Å². The van der Waals surface area contributed by atoms with Crippen molar-refractivity contribution in [3.63, 3.8) is 0 Å². The molecule has 0 saturated carbocycles. The zero-order valence-corrected chi connectivity index (χ0v) is 16.5. The summed E-state index contributed by atoms with van der Waals surface area (Å²) in [5, 5.41) is 16.4. The Bertz CT molecular complexity index is 869. The highest BCUT2D eigenvalue weighted by Gasteiger charge is 2.24. The lowest BCUT2D eigenvalue weighted by molar-refractivity contribution is -0.383. The Labute approximate surface area is 168 Å². The second kappa shape index (κ2) is 10.2. The predicted molar refractivity (Wildman–Crippen MR) is 110 cm³/mol. The lowest BCUT2D eigenvalue weighted by Crippen LogP contribution is -2.45. The third-order valence-corrected chi connectivity index (χ3v) is 4.41. The summed E-state index contributed by atoms with van der Waals surface area (Å²) in [5.74, 6) is -0.0285. The molecular formula is C20H24N4O5. The Kier molecular flexibility index (Phi) is 7.67. The minimum atomic E-state index is -0.665. The van der Waals surface area contributed by atoms with Gasteiger partial charge in [0.25, 0.3) is 5.69 Å². The van der Waals surface area contributed by atoms with E-state index in [-0.39, 0.29) is 23.8 Å². The summed E-state index contributed by atoms with van der Waals surface area (Å²) in [5.41, 5.74) is 0.547. The molecule has 9 heteroatoms. The van der Waals surface area contributed by atoms with Crippen LogP contribution in [0.4, 0.5) is 17.1 Å². The van der Waals surface area contributed by atoms with E-state index in [0.29, 0.717) is 18.0 Å². The average molecular weight is 400 g/mol. The molecule has 2 aromatic carbocycles. The highest BCUT2D eigenvalue weighted by Crippen LogP contribution is 2.23. The van der Waals surface area contributed by atoms with Crippen molar-refractivity contribution in [1.29, 1.82) is 0 Å². The number of nitrogens with one attached hydrogen (secondary N) is 2. The fourth-order valence-corrected chi connectivity index (χ4v) is 2.72. The molecular weight excluding hydrogens is 376 g/mol. The summed E-state index contributed by atoms with van der Waals surface area (Å²) in [7, 11) is 1.56. The van der Waals surface area contributed by atoms with Gasteiger partial charge in [-0.25, -0.2) is 0 Å². The third-order valence-electron chi connectivity index (χ3n) is 4.41. The second-order valence-electron chi connectivity index (χ2n) is 6.28. The molecule has 2 N–H and O–H groups in total. The molecule has 0 aliphatic heterocycles. The number of benzene rings is 2. The van der Waals surface area contributed by atoms with E-state index in [4.69, 9.17) is 4.74 Å². The minimum Gasteiger partial charge on any atom is -0.497 e. The molecule has 0 unspecified atom stereocenters. The number of ether oxygens (including phenoxy) is 1. The van der Waals surface area contributed by atoms with Crippen LogP contribution in [0.1, 0.15) is 13.8 Å². The quantitative estimate of drug-likeness (QED) is 0.494. The van der Waals surface area contributed by atoms with Crippen molar-refractivity contribution in [2.75, 3.05) is 30.8 Å². The monoisotopic (exact) mass is 400 g/mol. The number of nitro groups is 1. The van der Waals surface area contributed by atoms with Crippen molar-refractivity contribution >= 4 is 28.9 Å². The number of nitrogens with zero attached hydrogens (tertiary/aromatic N) is 2. The highest BCUT2D eigenvalue weighted by molar-refractivity contribution is 5.97. The largest absolute Gasteiger partial charge is 0.497 e. The molecule has 29 heavy (non-hydrogen) atoms. The van der Waals surface area contributed by atoms with Crippen molar-refractivity contribution in [1.82, 2.24) is 4.90 Å². The minimum absolute atomic E-state index is 0.00595. The van der Waals surface area contributed by atoms with Crippen LogP contribution in [0, 0.1) is 10.1 Å². The van der Waals surface area contributed by atoms with Gasteiger partial charge in [-0.15, -0.1) is 0 Å². The van der Waals surface area contributed by atoms with Crippen LogP contribution in [0.2, 0.25) is 0 Å². The average Bonchev–Trinajstić information content (AvgIpc) is 2.72. The van der Waals surface area contributed by atoms with Crippen molar-refractivity contribution in [3.05, 3.63) is 58.6 Å². The predicted octanol–water partition coefficient (Wildman–Crippen LogP) is 2.89. The SMILES string of the molecule is CCN(CC(=O)Nc1ccc(OC)cc1)[C@@H](C)C(=O)Nc1ccccc1[N+](=O)[O-]. The molecule has 1 atom stereocenters. The number of likely N-dealkylation sites (N-methyl/N-ethyl adjacent to an activating group) is 1. The first-order valence-electron chi connectivity index (χ1n) is 9.08. The summed E-state index contributed by atoms with van der Waals surface area (Å²) in [6.45, 7) is 3.92. The van der Waals surface area contributed by atoms with Gasteiger partial charge in [-0.2, -0.15) is 0 Å². The molecule has 154 valence electrons. The fraction of sp³-hybridized carbons (Fsp3) is 0.300. The van der Waals surface area contributed by atoms with E-state index in [1.807, 2.05) is 6.92 Å². The smallest absolute Gasteiger partial charge is 0.292 e. The molecule has 0 aliphatic carbocycles. The Morgan fingerprint density at radius 3 is 2.38 bits per heavy atom. The number of carbonyl (C=O) groups is 2. The molecule has 2 rings (SSSR count). The first-order chi connectivity index (χ1) is 13.8. The van der Waals surface area contributed by atoms with Gasteiger partial charge in [0.05, 0.1) is 24.6 Å². The van der Waals surface area contributed by atoms with Crippen LogP contribution in [0.15, 0.2) is 48.5 Å². The lowest BCUT2D eigenvalue weighted by atomic mass is 10.2. The maximum absolute atomic E-state index is 12.6. The van der Waals surface area contributed by atoms with E-state index in [0.717, 1.165) is 0 Å². The van der Waals surface area contributed by atoms with E-state index < -0.39 is 16.9 Å². The standard InChI is InChI=1S/C20H24N4O5/c1-4-23(13-19(25)21-15-9-11-16(29-3)12-10-15)14(2)20(26)22-17-7-5-6-8-18(17)24(27)28/h5-12,14H,4,13H2,1-3H3,(H,21,25)(H,22,26)/t14-/m0/s1. The number of hydrogen-bond donors (Lipinski definition) is 2. The molecule has 0 radical (unpaired) electrons. The summed E-state index contributed by atoms with van der Waals surface area (Å²) in [6.07, 6.45) is 0. The topological polar surface area (TPSA) is 114 Å². The lowest BCUT2D eigenvalue weighted by Gasteiger charge is -2.26. The molecule has 0 heterocycles. The van der Waals surface area contributed by atoms with Gasteiger partial charge in [0.2, 0.25) is 11.8 Å². The molecule has 2 aromatic rings. The summed E-state index contributed by atoms with van der Waals surface area (Å²) in [4.78, 5) is 37.2. The molecule has 0 spiro atoms. The molecule has 9 nitrogen and oxygen atoms in total. The number of nitro benzene ring substituents is 1.